The van der Waals surface area contributed by atoms with E-state index in [1.54, 1.807) is 50.2 Å². The van der Waals surface area contributed by atoms with Crippen molar-refractivity contribution in [1.29, 1.82) is 0 Å². The zero-order valence-electron chi connectivity index (χ0n) is 19.9. The van der Waals surface area contributed by atoms with Crippen LogP contribution < -0.4 is 10.2 Å². The topological polar surface area (TPSA) is 122 Å². The molecular weight excluding hydrogens is 484 g/mol. The van der Waals surface area contributed by atoms with Gasteiger partial charge in [-0.25, -0.2) is 13.9 Å². The first-order valence-corrected chi connectivity index (χ1v) is 12.6. The molecule has 0 radical (unpaired) electrons. The Hall–Kier alpha value is -3.73. The first-order valence-electron chi connectivity index (χ1n) is 11.2. The van der Waals surface area contributed by atoms with E-state index in [4.69, 9.17) is 9.57 Å². The van der Waals surface area contributed by atoms with Crippen LogP contribution in [-0.4, -0.2) is 42.3 Å². The molecule has 0 saturated heterocycles. The van der Waals surface area contributed by atoms with Crippen molar-refractivity contribution in [2.45, 2.75) is 31.4 Å². The standard InChI is InChI=1S/C26H28N2O7S/c1-19(2)25(26(31)27-34-18-20-9-5-3-6-10-20)28(17-24(29)30)36(32,33)23-15-13-22(14-16-23)35-21-11-7-4-8-12-21/h3-16,19,25H,17-18H2,1-2H3,(H,27,31)(H,29,30)/t25-/m1/s1. The highest BCUT2D eigenvalue weighted by Crippen LogP contribution is 2.26. The number of para-hydroxylation sites is 1. The van der Waals surface area contributed by atoms with Crippen LogP contribution >= 0.6 is 0 Å². The van der Waals surface area contributed by atoms with Crippen molar-refractivity contribution in [3.63, 3.8) is 0 Å². The molecule has 0 fully saturated rings. The van der Waals surface area contributed by atoms with Crippen LogP contribution in [0, 0.1) is 5.92 Å². The highest BCUT2D eigenvalue weighted by atomic mass is 32.2. The van der Waals surface area contributed by atoms with Crippen LogP contribution in [-0.2, 0) is 31.1 Å². The molecule has 36 heavy (non-hydrogen) atoms. The van der Waals surface area contributed by atoms with E-state index in [-0.39, 0.29) is 11.5 Å². The SMILES string of the molecule is CC(C)[C@H](C(=O)NOCc1ccccc1)N(CC(=O)O)S(=O)(=O)c1ccc(Oc2ccccc2)cc1. The molecule has 10 heteroatoms. The molecule has 3 rings (SSSR count). The molecule has 3 aromatic rings. The number of ether oxygens (including phenoxy) is 1. The van der Waals surface area contributed by atoms with Gasteiger partial charge in [0.25, 0.3) is 5.91 Å². The van der Waals surface area contributed by atoms with Crippen LogP contribution in [0.3, 0.4) is 0 Å². The van der Waals surface area contributed by atoms with Crippen molar-refractivity contribution in [2.75, 3.05) is 6.54 Å². The molecule has 0 aliphatic rings. The van der Waals surface area contributed by atoms with Crippen LogP contribution in [0.2, 0.25) is 0 Å². The molecule has 0 spiro atoms. The van der Waals surface area contributed by atoms with E-state index < -0.39 is 40.4 Å². The van der Waals surface area contributed by atoms with Crippen molar-refractivity contribution in [3.05, 3.63) is 90.5 Å². The second-order valence-electron chi connectivity index (χ2n) is 8.26. The number of rotatable bonds is 12. The third-order valence-corrected chi connectivity index (χ3v) is 7.01. The number of aliphatic carboxylic acids is 1. The van der Waals surface area contributed by atoms with Gasteiger partial charge in [-0.2, -0.15) is 4.31 Å². The Morgan fingerprint density at radius 2 is 1.44 bits per heavy atom. The quantitative estimate of drug-likeness (QED) is 0.354. The van der Waals surface area contributed by atoms with Gasteiger partial charge in [0.15, 0.2) is 0 Å². The Bertz CT molecular complexity index is 1250. The molecular formula is C26H28N2O7S. The summed E-state index contributed by atoms with van der Waals surface area (Å²) in [6.45, 7) is 2.41. The van der Waals surface area contributed by atoms with Gasteiger partial charge in [-0.3, -0.25) is 14.4 Å². The van der Waals surface area contributed by atoms with Crippen molar-refractivity contribution >= 4 is 21.9 Å². The van der Waals surface area contributed by atoms with Crippen LogP contribution in [0.1, 0.15) is 19.4 Å². The highest BCUT2D eigenvalue weighted by Gasteiger charge is 2.39. The number of nitrogens with zero attached hydrogens (tertiary/aromatic N) is 1. The van der Waals surface area contributed by atoms with Crippen LogP contribution in [0.4, 0.5) is 0 Å². The summed E-state index contributed by atoms with van der Waals surface area (Å²) in [5.41, 5.74) is 3.07. The number of amides is 1. The average molecular weight is 513 g/mol. The fraction of sp³-hybridized carbons (Fsp3) is 0.231. The normalized spacial score (nSPS) is 12.3. The maximum Gasteiger partial charge on any atom is 0.318 e. The number of benzene rings is 3. The van der Waals surface area contributed by atoms with E-state index in [9.17, 15) is 23.1 Å². The van der Waals surface area contributed by atoms with E-state index in [2.05, 4.69) is 5.48 Å². The number of hydroxylamine groups is 1. The summed E-state index contributed by atoms with van der Waals surface area (Å²) < 4.78 is 33.3. The molecule has 0 bridgehead atoms. The summed E-state index contributed by atoms with van der Waals surface area (Å²) in [7, 11) is -4.37. The molecule has 0 aliphatic heterocycles. The van der Waals surface area contributed by atoms with E-state index in [0.717, 1.165) is 5.56 Å². The van der Waals surface area contributed by atoms with Gasteiger partial charge in [0.05, 0.1) is 11.5 Å². The highest BCUT2D eigenvalue weighted by molar-refractivity contribution is 7.89. The van der Waals surface area contributed by atoms with Crippen molar-refractivity contribution in [2.24, 2.45) is 5.92 Å². The van der Waals surface area contributed by atoms with Crippen LogP contribution in [0.5, 0.6) is 11.5 Å². The number of hydrogen-bond donors (Lipinski definition) is 2. The first-order chi connectivity index (χ1) is 17.2. The largest absolute Gasteiger partial charge is 0.480 e. The Morgan fingerprint density at radius 1 is 0.889 bits per heavy atom. The van der Waals surface area contributed by atoms with Gasteiger partial charge < -0.3 is 9.84 Å². The van der Waals surface area contributed by atoms with Crippen LogP contribution in [0.25, 0.3) is 0 Å². The lowest BCUT2D eigenvalue weighted by molar-refractivity contribution is -0.142. The molecule has 9 nitrogen and oxygen atoms in total. The fourth-order valence-electron chi connectivity index (χ4n) is 3.50. The van der Waals surface area contributed by atoms with Gasteiger partial charge in [-0.1, -0.05) is 62.4 Å². The summed E-state index contributed by atoms with van der Waals surface area (Å²) in [4.78, 5) is 29.7. The average Bonchev–Trinajstić information content (AvgIpc) is 2.85. The maximum atomic E-state index is 13.5. The number of nitrogens with one attached hydrogen (secondary N) is 1. The lowest BCUT2D eigenvalue weighted by Crippen LogP contribution is -2.53. The molecule has 0 saturated carbocycles. The monoisotopic (exact) mass is 512 g/mol. The lowest BCUT2D eigenvalue weighted by Gasteiger charge is -2.31. The van der Waals surface area contributed by atoms with E-state index in [1.807, 2.05) is 24.3 Å². The van der Waals surface area contributed by atoms with Crippen LogP contribution in [0.15, 0.2) is 89.8 Å². The molecule has 1 atom stereocenters. The number of carbonyl (C=O) groups is 2. The number of sulfonamides is 1. The second kappa shape index (κ2) is 12.3. The van der Waals surface area contributed by atoms with E-state index in [0.29, 0.717) is 15.8 Å². The van der Waals surface area contributed by atoms with E-state index in [1.165, 1.54) is 24.3 Å². The molecule has 2 N–H and O–H groups in total. The third kappa shape index (κ3) is 7.14. The zero-order chi connectivity index (χ0) is 26.1. The van der Waals surface area contributed by atoms with Gasteiger partial charge in [-0.05, 0) is 47.9 Å². The molecule has 190 valence electrons. The summed E-state index contributed by atoms with van der Waals surface area (Å²) >= 11 is 0. The summed E-state index contributed by atoms with van der Waals surface area (Å²) in [6, 6.07) is 22.3. The predicted octanol–water partition coefficient (Wildman–Crippen LogP) is 3.83. The second-order valence-corrected chi connectivity index (χ2v) is 10.2. The Morgan fingerprint density at radius 3 is 2.00 bits per heavy atom. The van der Waals surface area contributed by atoms with Gasteiger partial charge >= 0.3 is 5.97 Å². The van der Waals surface area contributed by atoms with Gasteiger partial charge in [0, 0.05) is 0 Å². The minimum Gasteiger partial charge on any atom is -0.480 e. The molecule has 1 amide bonds. The number of carboxylic acid groups (broad SMARTS) is 1. The van der Waals surface area contributed by atoms with E-state index >= 15 is 0 Å². The fourth-order valence-corrected chi connectivity index (χ4v) is 5.17. The molecule has 3 aromatic carbocycles. The number of hydrogen-bond acceptors (Lipinski definition) is 6. The third-order valence-electron chi connectivity index (χ3n) is 5.17. The van der Waals surface area contributed by atoms with Crippen molar-refractivity contribution in [1.82, 2.24) is 9.79 Å². The Balaban J connectivity index is 1.80. The number of carboxylic acids is 1. The van der Waals surface area contributed by atoms with Gasteiger partial charge in [0.2, 0.25) is 10.0 Å². The van der Waals surface area contributed by atoms with Crippen molar-refractivity contribution < 1.29 is 32.7 Å². The predicted molar refractivity (Wildman–Crippen MR) is 132 cm³/mol. The Kier molecular flexibility index (Phi) is 9.18. The minimum absolute atomic E-state index is 0.0615. The first kappa shape index (κ1) is 26.9. The summed E-state index contributed by atoms with van der Waals surface area (Å²) in [5.74, 6) is -1.74. The van der Waals surface area contributed by atoms with Gasteiger partial charge in [0.1, 0.15) is 24.1 Å². The Labute approximate surface area is 210 Å². The summed E-state index contributed by atoms with van der Waals surface area (Å²) in [5, 5.41) is 9.45. The van der Waals surface area contributed by atoms with Gasteiger partial charge in [-0.15, -0.1) is 0 Å². The van der Waals surface area contributed by atoms with Crippen molar-refractivity contribution in [3.8, 4) is 11.5 Å². The molecule has 0 aromatic heterocycles. The summed E-state index contributed by atoms with van der Waals surface area (Å²) in [6.07, 6.45) is 0. The minimum atomic E-state index is -4.37. The molecule has 0 unspecified atom stereocenters. The lowest BCUT2D eigenvalue weighted by atomic mass is 10.0. The number of carbonyl (C=O) groups excluding carboxylic acids is 1. The zero-order valence-corrected chi connectivity index (χ0v) is 20.7. The maximum absolute atomic E-state index is 13.5. The molecule has 0 aliphatic carbocycles. The molecule has 0 heterocycles. The smallest absolute Gasteiger partial charge is 0.318 e.